The van der Waals surface area contributed by atoms with E-state index in [0.29, 0.717) is 6.42 Å². The van der Waals surface area contributed by atoms with Crippen LogP contribution in [0.15, 0.2) is 60.7 Å². The molecule has 0 unspecified atom stereocenters. The Labute approximate surface area is 184 Å². The molecule has 0 atom stereocenters. The van der Waals surface area contributed by atoms with Crippen LogP contribution in [0.2, 0.25) is 0 Å². The van der Waals surface area contributed by atoms with Gasteiger partial charge in [0, 0.05) is 11.9 Å². The second-order valence-corrected chi connectivity index (χ2v) is 10.6. The van der Waals surface area contributed by atoms with Crippen molar-refractivity contribution >= 4 is 35.4 Å². The second-order valence-electron chi connectivity index (χ2n) is 6.89. The van der Waals surface area contributed by atoms with Crippen LogP contribution < -0.4 is 10.6 Å². The number of hydrogen-bond acceptors (Lipinski definition) is 4. The molecule has 0 saturated carbocycles. The molecule has 2 rings (SSSR count). The minimum atomic E-state index is -0.447. The van der Waals surface area contributed by atoms with Crippen molar-refractivity contribution in [3.63, 3.8) is 0 Å². The summed E-state index contributed by atoms with van der Waals surface area (Å²) in [6.07, 6.45) is 0.609. The maximum absolute atomic E-state index is 11.6. The Morgan fingerprint density at radius 2 is 1.10 bits per heavy atom. The molecule has 0 bridgehead atoms. The summed E-state index contributed by atoms with van der Waals surface area (Å²) in [5.41, 5.74) is 0.871. The molecule has 0 fully saturated rings. The molecule has 0 aliphatic rings. The molecule has 162 valence electrons. The van der Waals surface area contributed by atoms with Gasteiger partial charge in [-0.25, -0.2) is 0 Å². The lowest BCUT2D eigenvalue weighted by molar-refractivity contribution is -0.110. The van der Waals surface area contributed by atoms with Crippen LogP contribution in [0.5, 0.6) is 0 Å². The SMILES string of the molecule is CCC(=O)SCP(c1ccccc1)c1ccccc1.CCN(C)C.CCN(C)C. The Balaban J connectivity index is 0.000000653. The van der Waals surface area contributed by atoms with Crippen molar-refractivity contribution in [3.05, 3.63) is 60.7 Å². The average molecular weight is 435 g/mol. The van der Waals surface area contributed by atoms with E-state index >= 15 is 0 Å². The fraction of sp³-hybridized carbons (Fsp3) is 0.458. The van der Waals surface area contributed by atoms with Gasteiger partial charge in [-0.3, -0.25) is 4.79 Å². The predicted octanol–water partition coefficient (Wildman–Crippen LogP) is 4.88. The van der Waals surface area contributed by atoms with Crippen molar-refractivity contribution in [1.29, 1.82) is 0 Å². The Morgan fingerprint density at radius 1 is 0.759 bits per heavy atom. The molecule has 0 aliphatic heterocycles. The zero-order valence-corrected chi connectivity index (χ0v) is 21.0. The van der Waals surface area contributed by atoms with Gasteiger partial charge in [0.1, 0.15) is 0 Å². The molecule has 0 amide bonds. The summed E-state index contributed by atoms with van der Waals surface area (Å²) in [5, 5.41) is 2.94. The maximum atomic E-state index is 11.6. The molecule has 0 heterocycles. The third-order valence-corrected chi connectivity index (χ3v) is 8.05. The summed E-state index contributed by atoms with van der Waals surface area (Å²) < 4.78 is 0. The molecule has 3 nitrogen and oxygen atoms in total. The lowest BCUT2D eigenvalue weighted by atomic mass is 10.4. The third kappa shape index (κ3) is 14.4. The van der Waals surface area contributed by atoms with Crippen LogP contribution in [0.4, 0.5) is 0 Å². The van der Waals surface area contributed by atoms with Gasteiger partial charge in [-0.05, 0) is 59.8 Å². The summed E-state index contributed by atoms with van der Waals surface area (Å²) in [6.45, 7) is 8.45. The van der Waals surface area contributed by atoms with Crippen LogP contribution in [-0.2, 0) is 4.79 Å². The van der Waals surface area contributed by atoms with E-state index in [9.17, 15) is 4.79 Å². The number of hydrogen-bond donors (Lipinski definition) is 0. The van der Waals surface area contributed by atoms with Crippen LogP contribution in [0.3, 0.4) is 0 Å². The second kappa shape index (κ2) is 17.7. The number of rotatable bonds is 7. The van der Waals surface area contributed by atoms with Crippen molar-refractivity contribution in [2.75, 3.05) is 46.8 Å². The largest absolute Gasteiger partial charge is 0.310 e. The Kier molecular flexibility index (Phi) is 16.9. The third-order valence-electron chi connectivity index (χ3n) is 4.04. The van der Waals surface area contributed by atoms with Gasteiger partial charge in [-0.1, -0.05) is 93.2 Å². The first-order chi connectivity index (χ1) is 13.8. The average Bonchev–Trinajstić information content (AvgIpc) is 2.76. The van der Waals surface area contributed by atoms with Crippen molar-refractivity contribution in [2.45, 2.75) is 27.2 Å². The van der Waals surface area contributed by atoms with Gasteiger partial charge in [0.2, 0.25) is 0 Å². The molecular formula is C24H39N2OPS. The number of benzene rings is 2. The van der Waals surface area contributed by atoms with E-state index in [1.54, 1.807) is 0 Å². The van der Waals surface area contributed by atoms with Crippen molar-refractivity contribution in [2.24, 2.45) is 0 Å². The molecule has 2 aromatic carbocycles. The summed E-state index contributed by atoms with van der Waals surface area (Å²) in [4.78, 5) is 15.8. The van der Waals surface area contributed by atoms with Gasteiger partial charge in [0.05, 0.1) is 0 Å². The smallest absolute Gasteiger partial charge is 0.189 e. The van der Waals surface area contributed by atoms with E-state index in [1.165, 1.54) is 22.4 Å². The number of carbonyl (C=O) groups excluding carboxylic acids is 1. The molecule has 29 heavy (non-hydrogen) atoms. The highest BCUT2D eigenvalue weighted by atomic mass is 32.2. The van der Waals surface area contributed by atoms with E-state index < -0.39 is 7.92 Å². The van der Waals surface area contributed by atoms with Gasteiger partial charge < -0.3 is 9.80 Å². The zero-order chi connectivity index (χ0) is 22.1. The van der Waals surface area contributed by atoms with Crippen molar-refractivity contribution < 1.29 is 4.79 Å². The van der Waals surface area contributed by atoms with Crippen LogP contribution in [-0.4, -0.2) is 61.7 Å². The molecule has 0 aromatic heterocycles. The molecule has 0 aliphatic carbocycles. The molecule has 0 N–H and O–H groups in total. The van der Waals surface area contributed by atoms with E-state index in [0.717, 1.165) is 18.6 Å². The van der Waals surface area contributed by atoms with Gasteiger partial charge in [-0.15, -0.1) is 0 Å². The number of nitrogens with zero attached hydrogens (tertiary/aromatic N) is 2. The maximum Gasteiger partial charge on any atom is 0.189 e. The van der Waals surface area contributed by atoms with Gasteiger partial charge >= 0.3 is 0 Å². The summed E-state index contributed by atoms with van der Waals surface area (Å²) in [7, 11) is 7.78. The Morgan fingerprint density at radius 3 is 1.38 bits per heavy atom. The fourth-order valence-electron chi connectivity index (χ4n) is 1.75. The summed E-state index contributed by atoms with van der Waals surface area (Å²) >= 11 is 1.46. The minimum absolute atomic E-state index is 0.277. The first kappa shape index (κ1) is 27.8. The van der Waals surface area contributed by atoms with Crippen LogP contribution in [0.25, 0.3) is 0 Å². The number of thioether (sulfide) groups is 1. The molecular weight excluding hydrogens is 395 g/mol. The lowest BCUT2D eigenvalue weighted by Gasteiger charge is -2.17. The van der Waals surface area contributed by atoms with Gasteiger partial charge in [0.25, 0.3) is 0 Å². The summed E-state index contributed by atoms with van der Waals surface area (Å²) in [6, 6.07) is 21.0. The topological polar surface area (TPSA) is 23.6 Å². The molecule has 2 aromatic rings. The fourth-order valence-corrected chi connectivity index (χ4v) is 5.60. The highest BCUT2D eigenvalue weighted by Gasteiger charge is 2.14. The predicted molar refractivity (Wildman–Crippen MR) is 135 cm³/mol. The standard InChI is InChI=1S/C16H17OPS.2C4H11N/c1-2-16(17)19-13-18(14-9-5-3-6-10-14)15-11-7-4-8-12-15;2*1-4-5(2)3/h3-12H,2,13H2,1H3;2*4H2,1-3H3. The molecule has 0 radical (unpaired) electrons. The van der Waals surface area contributed by atoms with Crippen LogP contribution in [0, 0.1) is 0 Å². The Bertz CT molecular complexity index is 588. The molecule has 5 heteroatoms. The quantitative estimate of drug-likeness (QED) is 0.580. The van der Waals surface area contributed by atoms with E-state index in [-0.39, 0.29) is 5.12 Å². The monoisotopic (exact) mass is 434 g/mol. The van der Waals surface area contributed by atoms with Crippen LogP contribution in [0.1, 0.15) is 27.2 Å². The molecule has 0 spiro atoms. The highest BCUT2D eigenvalue weighted by Crippen LogP contribution is 2.37. The lowest BCUT2D eigenvalue weighted by Crippen LogP contribution is -2.13. The van der Waals surface area contributed by atoms with Gasteiger partial charge in [-0.2, -0.15) is 0 Å². The Hall–Kier alpha value is -1.19. The first-order valence-electron chi connectivity index (χ1n) is 10.2. The molecule has 0 saturated heterocycles. The zero-order valence-electron chi connectivity index (χ0n) is 19.3. The van der Waals surface area contributed by atoms with Crippen molar-refractivity contribution in [3.8, 4) is 0 Å². The van der Waals surface area contributed by atoms with E-state index in [1.807, 2.05) is 19.1 Å². The van der Waals surface area contributed by atoms with E-state index in [4.69, 9.17) is 0 Å². The van der Waals surface area contributed by atoms with Crippen LogP contribution >= 0.6 is 19.7 Å². The minimum Gasteiger partial charge on any atom is -0.310 e. The van der Waals surface area contributed by atoms with E-state index in [2.05, 4.69) is 100 Å². The van der Waals surface area contributed by atoms with Crippen molar-refractivity contribution in [1.82, 2.24) is 9.80 Å². The number of carbonyl (C=O) groups is 1. The highest BCUT2D eigenvalue weighted by molar-refractivity contribution is 8.18. The first-order valence-corrected chi connectivity index (χ1v) is 12.7. The van der Waals surface area contributed by atoms with Gasteiger partial charge in [0.15, 0.2) is 5.12 Å². The summed E-state index contributed by atoms with van der Waals surface area (Å²) in [5.74, 6) is 0. The normalized spacial score (nSPS) is 10.3.